The molecular weight excluding hydrogens is 346 g/mol. The predicted molar refractivity (Wildman–Crippen MR) is 85.3 cm³/mol. The molecule has 98 valence electrons. The Morgan fingerprint density at radius 1 is 1.26 bits per heavy atom. The Kier molecular flexibility index (Phi) is 4.91. The second-order valence-electron chi connectivity index (χ2n) is 3.84. The number of benzene rings is 2. The van der Waals surface area contributed by atoms with Crippen molar-refractivity contribution < 1.29 is 4.79 Å². The van der Waals surface area contributed by atoms with Crippen LogP contribution in [0.2, 0.25) is 5.02 Å². The standard InChI is InChI=1S/C14H11BrClNOS/c1-19-13-4-2-3-12(8-13)17-14(18)9-5-10(15)7-11(16)6-9/h2-8H,1H3,(H,17,18). The molecule has 0 bridgehead atoms. The fraction of sp³-hybridized carbons (Fsp3) is 0.0714. The maximum Gasteiger partial charge on any atom is 0.255 e. The minimum Gasteiger partial charge on any atom is -0.322 e. The molecule has 2 aromatic carbocycles. The highest BCUT2D eigenvalue weighted by Crippen LogP contribution is 2.22. The van der Waals surface area contributed by atoms with Crippen LogP contribution in [0.25, 0.3) is 0 Å². The molecule has 0 heterocycles. The minimum atomic E-state index is -0.179. The summed E-state index contributed by atoms with van der Waals surface area (Å²) >= 11 is 10.9. The lowest BCUT2D eigenvalue weighted by Crippen LogP contribution is -2.11. The second kappa shape index (κ2) is 6.46. The number of carbonyl (C=O) groups is 1. The predicted octanol–water partition coefficient (Wildman–Crippen LogP) is 5.08. The largest absolute Gasteiger partial charge is 0.322 e. The molecular formula is C14H11BrClNOS. The molecule has 1 amide bonds. The Balaban J connectivity index is 2.20. The molecule has 0 aliphatic heterocycles. The summed E-state index contributed by atoms with van der Waals surface area (Å²) in [6.07, 6.45) is 2.00. The number of hydrogen-bond acceptors (Lipinski definition) is 2. The van der Waals surface area contributed by atoms with Crippen molar-refractivity contribution in [3.8, 4) is 0 Å². The van der Waals surface area contributed by atoms with Gasteiger partial charge in [-0.05, 0) is 42.7 Å². The first kappa shape index (κ1) is 14.4. The van der Waals surface area contributed by atoms with E-state index >= 15 is 0 Å². The topological polar surface area (TPSA) is 29.1 Å². The van der Waals surface area contributed by atoms with Crippen LogP contribution in [-0.2, 0) is 0 Å². The molecule has 2 rings (SSSR count). The summed E-state index contributed by atoms with van der Waals surface area (Å²) in [5, 5.41) is 3.38. The highest BCUT2D eigenvalue weighted by Gasteiger charge is 2.08. The molecule has 0 aromatic heterocycles. The quantitative estimate of drug-likeness (QED) is 0.777. The summed E-state index contributed by atoms with van der Waals surface area (Å²) in [5.74, 6) is -0.179. The zero-order chi connectivity index (χ0) is 13.8. The molecule has 0 unspecified atom stereocenters. The molecule has 1 N–H and O–H groups in total. The maximum atomic E-state index is 12.1. The van der Waals surface area contributed by atoms with Gasteiger partial charge in [0, 0.05) is 25.6 Å². The van der Waals surface area contributed by atoms with Gasteiger partial charge in [0.2, 0.25) is 0 Å². The molecule has 0 spiro atoms. The Morgan fingerprint density at radius 2 is 2.05 bits per heavy atom. The Morgan fingerprint density at radius 3 is 2.74 bits per heavy atom. The second-order valence-corrected chi connectivity index (χ2v) is 6.08. The zero-order valence-corrected chi connectivity index (χ0v) is 13.3. The molecule has 0 atom stereocenters. The van der Waals surface area contributed by atoms with E-state index in [-0.39, 0.29) is 5.91 Å². The van der Waals surface area contributed by atoms with Crippen LogP contribution in [0, 0.1) is 0 Å². The Labute approximate surface area is 129 Å². The Hall–Kier alpha value is -0.970. The van der Waals surface area contributed by atoms with Gasteiger partial charge in [-0.25, -0.2) is 0 Å². The van der Waals surface area contributed by atoms with Gasteiger partial charge in [0.15, 0.2) is 0 Å². The molecule has 0 saturated heterocycles. The van der Waals surface area contributed by atoms with Crippen molar-refractivity contribution in [2.45, 2.75) is 4.90 Å². The zero-order valence-electron chi connectivity index (χ0n) is 10.1. The fourth-order valence-electron chi connectivity index (χ4n) is 1.59. The number of nitrogens with one attached hydrogen (secondary N) is 1. The van der Waals surface area contributed by atoms with Gasteiger partial charge in [0.1, 0.15) is 0 Å². The van der Waals surface area contributed by atoms with E-state index < -0.39 is 0 Å². The molecule has 0 radical (unpaired) electrons. The van der Waals surface area contributed by atoms with E-state index in [0.717, 1.165) is 15.1 Å². The van der Waals surface area contributed by atoms with E-state index in [9.17, 15) is 4.79 Å². The summed E-state index contributed by atoms with van der Waals surface area (Å²) in [4.78, 5) is 13.2. The third-order valence-electron chi connectivity index (χ3n) is 2.45. The van der Waals surface area contributed by atoms with Gasteiger partial charge >= 0.3 is 0 Å². The molecule has 5 heteroatoms. The highest BCUT2D eigenvalue weighted by atomic mass is 79.9. The average molecular weight is 357 g/mol. The first-order chi connectivity index (χ1) is 9.08. The number of halogens is 2. The molecule has 2 aromatic rings. The first-order valence-electron chi connectivity index (χ1n) is 5.50. The van der Waals surface area contributed by atoms with Crippen LogP contribution in [0.5, 0.6) is 0 Å². The van der Waals surface area contributed by atoms with Gasteiger partial charge in [0.05, 0.1) is 0 Å². The van der Waals surface area contributed by atoms with E-state index in [4.69, 9.17) is 11.6 Å². The van der Waals surface area contributed by atoms with Gasteiger partial charge in [0.25, 0.3) is 5.91 Å². The van der Waals surface area contributed by atoms with Gasteiger partial charge < -0.3 is 5.32 Å². The van der Waals surface area contributed by atoms with Crippen LogP contribution in [0.4, 0.5) is 5.69 Å². The van der Waals surface area contributed by atoms with Crippen LogP contribution in [0.15, 0.2) is 51.8 Å². The van der Waals surface area contributed by atoms with Crippen molar-refractivity contribution in [3.05, 3.63) is 57.5 Å². The maximum absolute atomic E-state index is 12.1. The van der Waals surface area contributed by atoms with E-state index in [1.807, 2.05) is 30.5 Å². The molecule has 2 nitrogen and oxygen atoms in total. The summed E-state index contributed by atoms with van der Waals surface area (Å²) in [5.41, 5.74) is 1.29. The van der Waals surface area contributed by atoms with Crippen LogP contribution >= 0.6 is 39.3 Å². The first-order valence-corrected chi connectivity index (χ1v) is 7.89. The molecule has 0 aliphatic carbocycles. The van der Waals surface area contributed by atoms with Crippen LogP contribution in [0.3, 0.4) is 0 Å². The van der Waals surface area contributed by atoms with Gasteiger partial charge in [-0.2, -0.15) is 0 Å². The van der Waals surface area contributed by atoms with Crippen molar-refractivity contribution in [1.82, 2.24) is 0 Å². The summed E-state index contributed by atoms with van der Waals surface area (Å²) in [7, 11) is 0. The third-order valence-corrected chi connectivity index (χ3v) is 3.85. The van der Waals surface area contributed by atoms with E-state index in [1.165, 1.54) is 0 Å². The third kappa shape index (κ3) is 4.00. The lowest BCUT2D eigenvalue weighted by molar-refractivity contribution is 0.102. The number of anilines is 1. The highest BCUT2D eigenvalue weighted by molar-refractivity contribution is 9.10. The minimum absolute atomic E-state index is 0.179. The number of carbonyl (C=O) groups excluding carboxylic acids is 1. The van der Waals surface area contributed by atoms with Crippen molar-refractivity contribution in [3.63, 3.8) is 0 Å². The van der Waals surface area contributed by atoms with Crippen molar-refractivity contribution in [2.24, 2.45) is 0 Å². The molecule has 0 fully saturated rings. The number of amides is 1. The van der Waals surface area contributed by atoms with Crippen molar-refractivity contribution in [1.29, 1.82) is 0 Å². The smallest absolute Gasteiger partial charge is 0.255 e. The van der Waals surface area contributed by atoms with Gasteiger partial charge in [-0.3, -0.25) is 4.79 Å². The lowest BCUT2D eigenvalue weighted by atomic mass is 10.2. The van der Waals surface area contributed by atoms with Crippen molar-refractivity contribution in [2.75, 3.05) is 11.6 Å². The molecule has 0 aliphatic rings. The lowest BCUT2D eigenvalue weighted by Gasteiger charge is -2.07. The average Bonchev–Trinajstić information content (AvgIpc) is 2.37. The molecule has 19 heavy (non-hydrogen) atoms. The van der Waals surface area contributed by atoms with E-state index in [2.05, 4.69) is 21.2 Å². The van der Waals surface area contributed by atoms with E-state index in [1.54, 1.807) is 30.0 Å². The monoisotopic (exact) mass is 355 g/mol. The van der Waals surface area contributed by atoms with Gasteiger partial charge in [-0.15, -0.1) is 11.8 Å². The number of rotatable bonds is 3. The van der Waals surface area contributed by atoms with Crippen LogP contribution in [-0.4, -0.2) is 12.2 Å². The van der Waals surface area contributed by atoms with Crippen LogP contribution in [0.1, 0.15) is 10.4 Å². The summed E-state index contributed by atoms with van der Waals surface area (Å²) in [6.45, 7) is 0. The van der Waals surface area contributed by atoms with Crippen LogP contribution < -0.4 is 5.32 Å². The summed E-state index contributed by atoms with van der Waals surface area (Å²) in [6, 6.07) is 12.8. The number of hydrogen-bond donors (Lipinski definition) is 1. The Bertz CT molecular complexity index is 598. The van der Waals surface area contributed by atoms with E-state index in [0.29, 0.717) is 10.6 Å². The SMILES string of the molecule is CSc1cccc(NC(=O)c2cc(Cl)cc(Br)c2)c1. The normalized spacial score (nSPS) is 10.3. The fourth-order valence-corrected chi connectivity index (χ4v) is 2.91. The van der Waals surface area contributed by atoms with Gasteiger partial charge in [-0.1, -0.05) is 33.6 Å². The summed E-state index contributed by atoms with van der Waals surface area (Å²) < 4.78 is 0.781. The van der Waals surface area contributed by atoms with Crippen molar-refractivity contribution >= 4 is 50.9 Å². The number of thioether (sulfide) groups is 1. The molecule has 0 saturated carbocycles.